The predicted molar refractivity (Wildman–Crippen MR) is 188 cm³/mol. The summed E-state index contributed by atoms with van der Waals surface area (Å²) in [7, 11) is 1.40. The Morgan fingerprint density at radius 1 is 1.12 bits per heavy atom. The van der Waals surface area contributed by atoms with Crippen molar-refractivity contribution >= 4 is 23.3 Å². The van der Waals surface area contributed by atoms with E-state index in [1.54, 1.807) is 35.3 Å². The summed E-state index contributed by atoms with van der Waals surface area (Å²) in [5, 5.41) is 18.9. The van der Waals surface area contributed by atoms with Gasteiger partial charge in [0.25, 0.3) is 0 Å². The van der Waals surface area contributed by atoms with Crippen LogP contribution >= 0.6 is 0 Å². The molecule has 0 unspecified atom stereocenters. The second kappa shape index (κ2) is 13.7. The van der Waals surface area contributed by atoms with E-state index >= 15 is 0 Å². The highest BCUT2D eigenvalue weighted by atomic mass is 19.1. The number of anilines is 1. The number of hydrogen-bond acceptors (Lipinski definition) is 9. The number of rotatable bonds is 8. The minimum Gasteiger partial charge on any atom is -0.453 e. The lowest BCUT2D eigenvalue weighted by Gasteiger charge is -2.45. The van der Waals surface area contributed by atoms with Gasteiger partial charge in [0.15, 0.2) is 5.65 Å². The monoisotopic (exact) mass is 694 g/mol. The van der Waals surface area contributed by atoms with Crippen molar-refractivity contribution < 1.29 is 23.8 Å². The fourth-order valence-electron chi connectivity index (χ4n) is 7.78. The largest absolute Gasteiger partial charge is 0.453 e. The summed E-state index contributed by atoms with van der Waals surface area (Å²) < 4.78 is 21.6. The van der Waals surface area contributed by atoms with Crippen LogP contribution in [0.4, 0.5) is 14.9 Å². The molecule has 50 heavy (non-hydrogen) atoms. The molecule has 0 aliphatic carbocycles. The normalized spacial score (nSPS) is 23.0. The minimum atomic E-state index is -1.18. The first-order valence-electron chi connectivity index (χ1n) is 17.5. The molecule has 3 aliphatic heterocycles. The van der Waals surface area contributed by atoms with E-state index in [-0.39, 0.29) is 54.7 Å². The number of carbonyl (C=O) groups excluding carboxylic acids is 2. The Bertz CT molecular complexity index is 1800. The topological polar surface area (TPSA) is 128 Å². The van der Waals surface area contributed by atoms with Crippen molar-refractivity contribution in [2.75, 3.05) is 64.4 Å². The highest BCUT2D eigenvalue weighted by Crippen LogP contribution is 2.42. The third-order valence-electron chi connectivity index (χ3n) is 10.2. The maximum atomic E-state index is 14.5. The molecular formula is C36H51FN8O5. The summed E-state index contributed by atoms with van der Waals surface area (Å²) in [6.07, 6.45) is 0.0627. The maximum Gasteiger partial charge on any atom is 0.409 e. The van der Waals surface area contributed by atoms with Gasteiger partial charge in [-0.25, -0.2) is 23.1 Å². The molecule has 3 aromatic rings. The van der Waals surface area contributed by atoms with Crippen LogP contribution in [0.15, 0.2) is 35.1 Å². The highest BCUT2D eigenvalue weighted by molar-refractivity contribution is 5.98. The van der Waals surface area contributed by atoms with Gasteiger partial charge in [0.1, 0.15) is 5.82 Å². The molecule has 0 saturated carbocycles. The number of aliphatic hydroxyl groups is 1. The molecule has 3 aliphatic rings. The number of aromatic nitrogens is 3. The van der Waals surface area contributed by atoms with Crippen molar-refractivity contribution in [3.63, 3.8) is 0 Å². The van der Waals surface area contributed by atoms with Gasteiger partial charge in [-0.3, -0.25) is 14.6 Å². The number of benzene rings is 1. The molecule has 1 aromatic carbocycles. The third kappa shape index (κ3) is 7.30. The standard InChI is InChI=1S/C36H51FN8O5/c1-23-17-42(28(16-38-23)19-40-12-13-41(18-24(40)2)34(48)50-7)20-30(46)43-21-35(3,4)31-29(43)15-26(14-25-8-10-27(37)11-9-25)32-39-44(22-36(5,6)49)33(47)45(31)32/h8-11,15,23-24,28,38,49H,12-14,16-22H2,1-7H3/t23-,24-,28-/m1/s1. The van der Waals surface area contributed by atoms with Crippen LogP contribution in [0.3, 0.4) is 0 Å². The quantitative estimate of drug-likeness (QED) is 0.365. The Morgan fingerprint density at radius 2 is 1.84 bits per heavy atom. The van der Waals surface area contributed by atoms with Crippen LogP contribution < -0.4 is 15.9 Å². The van der Waals surface area contributed by atoms with Gasteiger partial charge in [-0.05, 0) is 51.5 Å². The number of nitrogens with zero attached hydrogens (tertiary/aromatic N) is 7. The minimum absolute atomic E-state index is 0.000270. The SMILES string of the molecule is COC(=O)N1CCN(C[C@H]2CN[C@H](C)CN2CC(=O)N2CC(C)(C)c3c2cc(Cc2ccc(F)cc2)c2nn(CC(C)(C)O)c(=O)n32)[C@H](C)C1. The first-order valence-corrected chi connectivity index (χ1v) is 17.5. The lowest BCUT2D eigenvalue weighted by Crippen LogP contribution is -2.63. The Balaban J connectivity index is 1.32. The van der Waals surface area contributed by atoms with Crippen molar-refractivity contribution in [2.24, 2.45) is 0 Å². The number of pyridine rings is 1. The molecule has 2 N–H and O–H groups in total. The van der Waals surface area contributed by atoms with Gasteiger partial charge in [0.05, 0.1) is 37.2 Å². The van der Waals surface area contributed by atoms with E-state index in [2.05, 4.69) is 29.0 Å². The number of halogens is 1. The van der Waals surface area contributed by atoms with Crippen LogP contribution in [0.5, 0.6) is 0 Å². The van der Waals surface area contributed by atoms with Crippen LogP contribution in [0.25, 0.3) is 5.65 Å². The van der Waals surface area contributed by atoms with Gasteiger partial charge in [0, 0.05) is 81.3 Å². The number of nitrogens with one attached hydrogen (secondary N) is 1. The molecule has 2 amide bonds. The summed E-state index contributed by atoms with van der Waals surface area (Å²) in [5.41, 5.74) is 1.28. The van der Waals surface area contributed by atoms with E-state index in [0.717, 1.165) is 30.8 Å². The number of hydrogen-bond donors (Lipinski definition) is 2. The van der Waals surface area contributed by atoms with E-state index in [0.29, 0.717) is 49.6 Å². The summed E-state index contributed by atoms with van der Waals surface area (Å²) in [6.45, 7) is 16.2. The second-order valence-corrected chi connectivity index (χ2v) is 15.6. The van der Waals surface area contributed by atoms with E-state index in [9.17, 15) is 23.9 Å². The average molecular weight is 695 g/mol. The van der Waals surface area contributed by atoms with Crippen LogP contribution in [0.1, 0.15) is 58.4 Å². The number of ether oxygens (including phenoxy) is 1. The molecule has 2 fully saturated rings. The van der Waals surface area contributed by atoms with Crippen molar-refractivity contribution in [1.82, 2.24) is 34.2 Å². The first-order chi connectivity index (χ1) is 23.5. The van der Waals surface area contributed by atoms with Gasteiger partial charge in [-0.2, -0.15) is 0 Å². The fraction of sp³-hybridized carbons (Fsp3) is 0.611. The van der Waals surface area contributed by atoms with Crippen LogP contribution in [0.2, 0.25) is 0 Å². The molecule has 0 bridgehead atoms. The van der Waals surface area contributed by atoms with Gasteiger partial charge in [-0.1, -0.05) is 26.0 Å². The number of carbonyl (C=O) groups is 2. The van der Waals surface area contributed by atoms with E-state index in [1.165, 1.54) is 23.9 Å². The molecule has 14 heteroatoms. The molecule has 0 radical (unpaired) electrons. The molecule has 272 valence electrons. The molecule has 6 rings (SSSR count). The Hall–Kier alpha value is -3.85. The second-order valence-electron chi connectivity index (χ2n) is 15.6. The van der Waals surface area contributed by atoms with Crippen molar-refractivity contribution in [2.45, 2.75) is 83.6 Å². The summed E-state index contributed by atoms with van der Waals surface area (Å²) in [6, 6.07) is 8.61. The zero-order valence-corrected chi connectivity index (χ0v) is 30.3. The molecule has 5 heterocycles. The Labute approximate surface area is 292 Å². The van der Waals surface area contributed by atoms with Crippen molar-refractivity contribution in [3.05, 3.63) is 63.5 Å². The smallest absolute Gasteiger partial charge is 0.409 e. The number of methoxy groups -OCH3 is 1. The number of amides is 2. The van der Waals surface area contributed by atoms with Crippen LogP contribution in [0, 0.1) is 5.82 Å². The molecule has 3 atom stereocenters. The van der Waals surface area contributed by atoms with Crippen LogP contribution in [-0.2, 0) is 27.9 Å². The van der Waals surface area contributed by atoms with E-state index in [4.69, 9.17) is 9.84 Å². The average Bonchev–Trinajstić information content (AvgIpc) is 3.50. The van der Waals surface area contributed by atoms with Gasteiger partial charge in [-0.15, -0.1) is 5.10 Å². The molecule has 2 saturated heterocycles. The van der Waals surface area contributed by atoms with Gasteiger partial charge in [0.2, 0.25) is 5.91 Å². The summed E-state index contributed by atoms with van der Waals surface area (Å²) >= 11 is 0. The van der Waals surface area contributed by atoms with Gasteiger partial charge < -0.3 is 25.0 Å². The predicted octanol–water partition coefficient (Wildman–Crippen LogP) is 2.06. The lowest BCUT2D eigenvalue weighted by atomic mass is 9.90. The maximum absolute atomic E-state index is 14.5. The Morgan fingerprint density at radius 3 is 2.50 bits per heavy atom. The molecular weight excluding hydrogens is 643 g/mol. The first kappa shape index (κ1) is 36.0. The molecule has 13 nitrogen and oxygen atoms in total. The zero-order valence-electron chi connectivity index (χ0n) is 30.3. The molecule has 0 spiro atoms. The lowest BCUT2D eigenvalue weighted by molar-refractivity contribution is -0.121. The summed E-state index contributed by atoms with van der Waals surface area (Å²) in [4.78, 5) is 48.8. The van der Waals surface area contributed by atoms with Crippen LogP contribution in [-0.4, -0.2) is 129 Å². The van der Waals surface area contributed by atoms with Crippen molar-refractivity contribution in [3.8, 4) is 0 Å². The van der Waals surface area contributed by atoms with E-state index < -0.39 is 11.0 Å². The Kier molecular flexibility index (Phi) is 9.85. The fourth-order valence-corrected chi connectivity index (χ4v) is 7.78. The molecule has 2 aromatic heterocycles. The third-order valence-corrected chi connectivity index (χ3v) is 10.2. The summed E-state index contributed by atoms with van der Waals surface area (Å²) in [5.74, 6) is -0.390. The zero-order chi connectivity index (χ0) is 36.1. The number of piperazine rings is 2. The number of fused-ring (bicyclic) bond motifs is 3. The highest BCUT2D eigenvalue weighted by Gasteiger charge is 2.43. The van der Waals surface area contributed by atoms with E-state index in [1.807, 2.05) is 24.8 Å². The van der Waals surface area contributed by atoms with Gasteiger partial charge >= 0.3 is 11.8 Å². The van der Waals surface area contributed by atoms with Crippen molar-refractivity contribution in [1.29, 1.82) is 0 Å².